The molecule has 0 bridgehead atoms. The van der Waals surface area contributed by atoms with Gasteiger partial charge in [-0.2, -0.15) is 0 Å². The van der Waals surface area contributed by atoms with Gasteiger partial charge in [0.05, 0.1) is 27.2 Å². The third-order valence-corrected chi connectivity index (χ3v) is 5.46. The molecule has 1 aliphatic rings. The summed E-state index contributed by atoms with van der Waals surface area (Å²) >= 11 is 1.66. The van der Waals surface area contributed by atoms with Crippen LogP contribution in [0.5, 0.6) is 0 Å². The molecule has 1 aliphatic carbocycles. The van der Waals surface area contributed by atoms with Gasteiger partial charge in [-0.25, -0.2) is 9.78 Å². The third kappa shape index (κ3) is 2.88. The number of amides is 1. The Morgan fingerprint density at radius 2 is 2.30 bits per heavy atom. The number of hydrogen-bond donors (Lipinski definition) is 1. The van der Waals surface area contributed by atoms with Gasteiger partial charge >= 0.3 is 5.97 Å². The van der Waals surface area contributed by atoms with Crippen molar-refractivity contribution in [2.75, 3.05) is 7.05 Å². The van der Waals surface area contributed by atoms with E-state index in [9.17, 15) is 9.59 Å². The van der Waals surface area contributed by atoms with Crippen LogP contribution in [0.2, 0.25) is 0 Å². The molecule has 122 valence electrons. The zero-order chi connectivity index (χ0) is 16.6. The molecule has 0 aliphatic heterocycles. The molecule has 1 N–H and O–H groups in total. The minimum Gasteiger partial charge on any atom is -0.478 e. The van der Waals surface area contributed by atoms with Gasteiger partial charge in [0.25, 0.3) is 5.91 Å². The summed E-state index contributed by atoms with van der Waals surface area (Å²) in [7, 11) is 1.73. The van der Waals surface area contributed by atoms with Crippen LogP contribution in [-0.4, -0.2) is 33.9 Å². The van der Waals surface area contributed by atoms with E-state index < -0.39 is 5.97 Å². The van der Waals surface area contributed by atoms with E-state index in [1.54, 1.807) is 23.3 Å². The van der Waals surface area contributed by atoms with E-state index in [0.29, 0.717) is 0 Å². The number of carboxylic acids is 1. The Morgan fingerprint density at radius 3 is 2.96 bits per heavy atom. The van der Waals surface area contributed by atoms with Gasteiger partial charge in [-0.3, -0.25) is 4.79 Å². The maximum absolute atomic E-state index is 12.6. The van der Waals surface area contributed by atoms with E-state index in [1.807, 2.05) is 0 Å². The number of nitrogens with zero attached hydrogens (tertiary/aromatic N) is 2. The molecule has 2 heterocycles. The van der Waals surface area contributed by atoms with Crippen LogP contribution in [0.4, 0.5) is 0 Å². The smallest absolute Gasteiger partial charge is 0.338 e. The quantitative estimate of drug-likeness (QED) is 0.928. The minimum absolute atomic E-state index is 0.0165. The lowest BCUT2D eigenvalue weighted by molar-refractivity contribution is 0.0681. The highest BCUT2D eigenvalue weighted by Gasteiger charge is 2.31. The average molecular weight is 334 g/mol. The Bertz CT molecular complexity index is 749. The Hall–Kier alpha value is -2.15. The summed E-state index contributed by atoms with van der Waals surface area (Å²) in [6.45, 7) is 2.07. The van der Waals surface area contributed by atoms with Gasteiger partial charge in [-0.15, -0.1) is 11.3 Å². The molecule has 6 nitrogen and oxygen atoms in total. The normalized spacial score (nSPS) is 16.9. The maximum Gasteiger partial charge on any atom is 0.338 e. The largest absolute Gasteiger partial charge is 0.478 e. The van der Waals surface area contributed by atoms with E-state index in [4.69, 9.17) is 9.52 Å². The number of carbonyl (C=O) groups is 2. The number of carboxylic acid groups (broad SMARTS) is 1. The molecule has 23 heavy (non-hydrogen) atoms. The molecule has 0 aromatic carbocycles. The van der Waals surface area contributed by atoms with Gasteiger partial charge in [0.2, 0.25) is 0 Å². The fourth-order valence-electron chi connectivity index (χ4n) is 2.84. The number of fused-ring (bicyclic) bond motifs is 1. The second-order valence-corrected chi connectivity index (χ2v) is 6.72. The monoisotopic (exact) mass is 334 g/mol. The van der Waals surface area contributed by atoms with Crippen molar-refractivity contribution in [2.24, 2.45) is 0 Å². The van der Waals surface area contributed by atoms with E-state index in [0.717, 1.165) is 47.5 Å². The lowest BCUT2D eigenvalue weighted by Gasteiger charge is -2.30. The predicted molar refractivity (Wildman–Crippen MR) is 84.9 cm³/mol. The van der Waals surface area contributed by atoms with Gasteiger partial charge in [0, 0.05) is 13.1 Å². The van der Waals surface area contributed by atoms with Crippen molar-refractivity contribution in [1.29, 1.82) is 0 Å². The zero-order valence-corrected chi connectivity index (χ0v) is 13.9. The molecular formula is C16H18N2O4S. The second kappa shape index (κ2) is 6.16. The molecule has 1 unspecified atom stereocenters. The molecule has 2 aromatic heterocycles. The standard InChI is InChI=1S/C16H18N2O4S/c1-3-13-17-10-5-4-6-11(14(10)23-13)18(2)15(19)12-7-9(8-22-12)16(20)21/h7-8,11H,3-6H2,1-2H3,(H,20,21). The molecule has 7 heteroatoms. The molecule has 0 fully saturated rings. The SMILES string of the molecule is CCc1nc2c(s1)C(N(C)C(=O)c1cc(C(=O)O)co1)CCC2. The van der Waals surface area contributed by atoms with Gasteiger partial charge in [-0.05, 0) is 25.7 Å². The molecule has 1 atom stereocenters. The summed E-state index contributed by atoms with van der Waals surface area (Å²) in [6.07, 6.45) is 4.81. The van der Waals surface area contributed by atoms with Crippen LogP contribution < -0.4 is 0 Å². The van der Waals surface area contributed by atoms with Crippen molar-refractivity contribution in [3.63, 3.8) is 0 Å². The summed E-state index contributed by atoms with van der Waals surface area (Å²) < 4.78 is 5.13. The van der Waals surface area contributed by atoms with Gasteiger partial charge in [0.1, 0.15) is 6.26 Å². The van der Waals surface area contributed by atoms with Crippen molar-refractivity contribution in [2.45, 2.75) is 38.6 Å². The van der Waals surface area contributed by atoms with E-state index in [2.05, 4.69) is 11.9 Å². The number of rotatable bonds is 4. The number of carbonyl (C=O) groups excluding carboxylic acids is 1. The van der Waals surface area contributed by atoms with Gasteiger partial charge < -0.3 is 14.4 Å². The summed E-state index contributed by atoms with van der Waals surface area (Å²) in [5.74, 6) is -1.36. The van der Waals surface area contributed by atoms with Crippen molar-refractivity contribution in [3.05, 3.63) is 39.2 Å². The van der Waals surface area contributed by atoms with Crippen molar-refractivity contribution in [1.82, 2.24) is 9.88 Å². The number of aryl methyl sites for hydroxylation is 2. The van der Waals surface area contributed by atoms with Crippen LogP contribution in [0, 0.1) is 0 Å². The highest BCUT2D eigenvalue weighted by Crippen LogP contribution is 2.38. The van der Waals surface area contributed by atoms with E-state index in [-0.39, 0.29) is 23.3 Å². The number of hydrogen-bond acceptors (Lipinski definition) is 5. The van der Waals surface area contributed by atoms with Gasteiger partial charge in [0.15, 0.2) is 5.76 Å². The first-order chi connectivity index (χ1) is 11.0. The molecular weight excluding hydrogens is 316 g/mol. The number of aromatic nitrogens is 1. The fourth-order valence-corrected chi connectivity index (χ4v) is 4.08. The lowest BCUT2D eigenvalue weighted by atomic mass is 9.97. The van der Waals surface area contributed by atoms with Crippen LogP contribution in [0.1, 0.15) is 62.3 Å². The maximum atomic E-state index is 12.6. The molecule has 1 amide bonds. The van der Waals surface area contributed by atoms with Crippen LogP contribution >= 0.6 is 11.3 Å². The number of aromatic carboxylic acids is 1. The Labute approximate surface area is 137 Å². The molecule has 0 saturated carbocycles. The molecule has 0 spiro atoms. The average Bonchev–Trinajstić information content (AvgIpc) is 3.19. The highest BCUT2D eigenvalue weighted by atomic mass is 32.1. The summed E-state index contributed by atoms with van der Waals surface area (Å²) in [6, 6.07) is 1.25. The Morgan fingerprint density at radius 1 is 1.52 bits per heavy atom. The predicted octanol–water partition coefficient (Wildman–Crippen LogP) is 3.15. The zero-order valence-electron chi connectivity index (χ0n) is 13.0. The number of furan rings is 1. The van der Waals surface area contributed by atoms with Crippen LogP contribution in [0.15, 0.2) is 16.7 Å². The van der Waals surface area contributed by atoms with Crippen molar-refractivity contribution in [3.8, 4) is 0 Å². The third-order valence-electron chi connectivity index (χ3n) is 4.11. The second-order valence-electron chi connectivity index (χ2n) is 5.60. The Kier molecular flexibility index (Phi) is 4.21. The summed E-state index contributed by atoms with van der Waals surface area (Å²) in [5.41, 5.74) is 1.07. The van der Waals surface area contributed by atoms with E-state index in [1.165, 1.54) is 6.07 Å². The minimum atomic E-state index is -1.11. The first-order valence-electron chi connectivity index (χ1n) is 7.58. The number of thiazole rings is 1. The summed E-state index contributed by atoms with van der Waals surface area (Å²) in [5, 5.41) is 10.0. The van der Waals surface area contributed by atoms with Crippen LogP contribution in [-0.2, 0) is 12.8 Å². The van der Waals surface area contributed by atoms with Gasteiger partial charge in [-0.1, -0.05) is 6.92 Å². The van der Waals surface area contributed by atoms with E-state index >= 15 is 0 Å². The topological polar surface area (TPSA) is 83.6 Å². The molecule has 2 aromatic rings. The molecule has 0 saturated heterocycles. The van der Waals surface area contributed by atoms with Crippen molar-refractivity contribution < 1.29 is 19.1 Å². The highest BCUT2D eigenvalue weighted by molar-refractivity contribution is 7.11. The molecule has 3 rings (SSSR count). The Balaban J connectivity index is 1.85. The first kappa shape index (κ1) is 15.7. The van der Waals surface area contributed by atoms with Crippen LogP contribution in [0.25, 0.3) is 0 Å². The summed E-state index contributed by atoms with van der Waals surface area (Å²) in [4.78, 5) is 30.9. The molecule has 0 radical (unpaired) electrons. The fraction of sp³-hybridized carbons (Fsp3) is 0.438. The first-order valence-corrected chi connectivity index (χ1v) is 8.40. The van der Waals surface area contributed by atoms with Crippen molar-refractivity contribution >= 4 is 23.2 Å². The lowest BCUT2D eigenvalue weighted by Crippen LogP contribution is -2.32. The van der Waals surface area contributed by atoms with Crippen LogP contribution in [0.3, 0.4) is 0 Å².